The zero-order chi connectivity index (χ0) is 19.7. The molecule has 0 aliphatic rings. The first kappa shape index (κ1) is 18.8. The molecular weight excluding hydrogens is 371 g/mol. The van der Waals surface area contributed by atoms with Gasteiger partial charge in [-0.2, -0.15) is 0 Å². The van der Waals surface area contributed by atoms with Gasteiger partial charge in [0.25, 0.3) is 5.56 Å². The first-order chi connectivity index (χ1) is 12.8. The normalized spacial score (nSPS) is 11.0. The van der Waals surface area contributed by atoms with Gasteiger partial charge in [-0.25, -0.2) is 14.2 Å². The number of benzene rings is 1. The lowest BCUT2D eigenvalue weighted by atomic mass is 10.2. The summed E-state index contributed by atoms with van der Waals surface area (Å²) >= 11 is 1.14. The highest BCUT2D eigenvalue weighted by Gasteiger charge is 2.17. The Kier molecular flexibility index (Phi) is 5.13. The Bertz CT molecular complexity index is 1170. The van der Waals surface area contributed by atoms with Crippen molar-refractivity contribution in [2.75, 3.05) is 11.1 Å². The van der Waals surface area contributed by atoms with Crippen molar-refractivity contribution in [3.63, 3.8) is 0 Å². The van der Waals surface area contributed by atoms with E-state index in [-0.39, 0.29) is 22.5 Å². The van der Waals surface area contributed by atoms with E-state index in [1.54, 1.807) is 19.2 Å². The molecule has 3 rings (SSSR count). The predicted octanol–water partition coefficient (Wildman–Crippen LogP) is 1.81. The van der Waals surface area contributed by atoms with Crippen LogP contribution in [0.2, 0.25) is 0 Å². The zero-order valence-corrected chi connectivity index (χ0v) is 15.8. The molecule has 0 bridgehead atoms. The molecule has 1 aromatic carbocycles. The molecule has 0 spiro atoms. The molecule has 9 heteroatoms. The lowest BCUT2D eigenvalue weighted by Crippen LogP contribution is -2.37. The van der Waals surface area contributed by atoms with Gasteiger partial charge in [0.05, 0.1) is 16.8 Å². The maximum atomic E-state index is 13.7. The van der Waals surface area contributed by atoms with Crippen molar-refractivity contribution in [3.05, 3.63) is 62.7 Å². The van der Waals surface area contributed by atoms with Gasteiger partial charge >= 0.3 is 5.69 Å². The Morgan fingerprint density at radius 3 is 2.63 bits per heavy atom. The van der Waals surface area contributed by atoms with Crippen LogP contribution in [0.3, 0.4) is 0 Å². The molecule has 0 aliphatic carbocycles. The smallest absolute Gasteiger partial charge is 0.323 e. The van der Waals surface area contributed by atoms with Crippen molar-refractivity contribution >= 4 is 34.4 Å². The Balaban J connectivity index is 1.94. The number of para-hydroxylation sites is 1. The van der Waals surface area contributed by atoms with Gasteiger partial charge in [-0.15, -0.1) is 11.8 Å². The quantitative estimate of drug-likeness (QED) is 0.689. The highest BCUT2D eigenvalue weighted by atomic mass is 32.2. The fourth-order valence-electron chi connectivity index (χ4n) is 2.67. The van der Waals surface area contributed by atoms with Crippen molar-refractivity contribution in [1.82, 2.24) is 14.1 Å². The molecule has 0 radical (unpaired) electrons. The van der Waals surface area contributed by atoms with Crippen LogP contribution in [-0.4, -0.2) is 25.8 Å². The molecule has 0 unspecified atom stereocenters. The summed E-state index contributed by atoms with van der Waals surface area (Å²) in [6, 6.07) is 5.88. The van der Waals surface area contributed by atoms with E-state index >= 15 is 0 Å². The lowest BCUT2D eigenvalue weighted by Gasteiger charge is -2.12. The van der Waals surface area contributed by atoms with Gasteiger partial charge in [0.2, 0.25) is 5.91 Å². The number of hydrogen-bond donors (Lipinski definition) is 1. The number of pyridine rings is 1. The number of anilines is 1. The van der Waals surface area contributed by atoms with Gasteiger partial charge in [0.1, 0.15) is 11.5 Å². The van der Waals surface area contributed by atoms with E-state index in [2.05, 4.69) is 10.3 Å². The van der Waals surface area contributed by atoms with Gasteiger partial charge in [0, 0.05) is 25.2 Å². The number of nitrogens with zero attached hydrogens (tertiary/aromatic N) is 3. The van der Waals surface area contributed by atoms with Gasteiger partial charge in [0.15, 0.2) is 0 Å². The first-order valence-electron chi connectivity index (χ1n) is 8.03. The van der Waals surface area contributed by atoms with E-state index in [1.165, 1.54) is 36.9 Å². The first-order valence-corrected chi connectivity index (χ1v) is 9.02. The molecule has 0 aliphatic heterocycles. The number of amides is 1. The number of carbonyl (C=O) groups excluding carboxylic acids is 1. The molecule has 27 heavy (non-hydrogen) atoms. The van der Waals surface area contributed by atoms with Gasteiger partial charge in [-0.3, -0.25) is 18.7 Å². The van der Waals surface area contributed by atoms with Crippen LogP contribution in [-0.2, 0) is 18.9 Å². The largest absolute Gasteiger partial charge is 0.332 e. The maximum Gasteiger partial charge on any atom is 0.332 e. The number of fused-ring (bicyclic) bond motifs is 1. The lowest BCUT2D eigenvalue weighted by molar-refractivity contribution is -0.113. The molecule has 1 N–H and O–H groups in total. The van der Waals surface area contributed by atoms with Crippen LogP contribution in [0.5, 0.6) is 0 Å². The van der Waals surface area contributed by atoms with Gasteiger partial charge in [-0.05, 0) is 24.6 Å². The molecule has 0 atom stereocenters. The van der Waals surface area contributed by atoms with Gasteiger partial charge in [-0.1, -0.05) is 12.1 Å². The van der Waals surface area contributed by atoms with Crippen LogP contribution in [0, 0.1) is 12.7 Å². The second-order valence-electron chi connectivity index (χ2n) is 5.99. The Morgan fingerprint density at radius 1 is 1.22 bits per heavy atom. The topological polar surface area (TPSA) is 86.0 Å². The average Bonchev–Trinajstić information content (AvgIpc) is 2.65. The summed E-state index contributed by atoms with van der Waals surface area (Å²) in [6.07, 6.45) is 1.55. The van der Waals surface area contributed by atoms with E-state index in [0.29, 0.717) is 10.5 Å². The highest BCUT2D eigenvalue weighted by Crippen LogP contribution is 2.27. The summed E-state index contributed by atoms with van der Waals surface area (Å²) < 4.78 is 16.0. The Morgan fingerprint density at radius 2 is 1.93 bits per heavy atom. The van der Waals surface area contributed by atoms with E-state index in [9.17, 15) is 18.8 Å². The van der Waals surface area contributed by atoms with Gasteiger partial charge < -0.3 is 5.32 Å². The third-order valence-corrected chi connectivity index (χ3v) is 5.32. The van der Waals surface area contributed by atoms with Crippen LogP contribution in [0.1, 0.15) is 5.56 Å². The highest BCUT2D eigenvalue weighted by molar-refractivity contribution is 8.00. The molecule has 2 heterocycles. The molecule has 0 fully saturated rings. The summed E-state index contributed by atoms with van der Waals surface area (Å²) in [4.78, 5) is 41.7. The SMILES string of the molecule is Cc1cnc2c(c1SCC(=O)Nc1ccccc1F)c(=O)n(C)c(=O)n2C. The molecule has 2 aromatic heterocycles. The second-order valence-corrected chi connectivity index (χ2v) is 6.98. The summed E-state index contributed by atoms with van der Waals surface area (Å²) in [5, 5.41) is 2.79. The fourth-order valence-corrected chi connectivity index (χ4v) is 3.62. The Hall–Kier alpha value is -2.94. The number of halogens is 1. The number of hydrogen-bond acceptors (Lipinski definition) is 5. The zero-order valence-electron chi connectivity index (χ0n) is 14.9. The summed E-state index contributed by atoms with van der Waals surface area (Å²) in [6.45, 7) is 1.77. The molecular formula is C18H17FN4O3S. The van der Waals surface area contributed by atoms with Crippen molar-refractivity contribution in [2.45, 2.75) is 11.8 Å². The summed E-state index contributed by atoms with van der Waals surface area (Å²) in [5.41, 5.74) is 0.115. The second kappa shape index (κ2) is 7.36. The average molecular weight is 388 g/mol. The molecule has 1 amide bonds. The number of carbonyl (C=O) groups is 1. The molecule has 0 saturated heterocycles. The third kappa shape index (κ3) is 3.50. The minimum Gasteiger partial charge on any atom is -0.323 e. The number of aromatic nitrogens is 3. The summed E-state index contributed by atoms with van der Waals surface area (Å²) in [7, 11) is 2.93. The number of aryl methyl sites for hydroxylation is 2. The predicted molar refractivity (Wildman–Crippen MR) is 103 cm³/mol. The van der Waals surface area contributed by atoms with Crippen LogP contribution < -0.4 is 16.6 Å². The number of thioether (sulfide) groups is 1. The van der Waals surface area contributed by atoms with E-state index < -0.39 is 23.0 Å². The van der Waals surface area contributed by atoms with Crippen LogP contribution in [0.15, 0.2) is 44.9 Å². The molecule has 7 nitrogen and oxygen atoms in total. The monoisotopic (exact) mass is 388 g/mol. The number of rotatable bonds is 4. The van der Waals surface area contributed by atoms with Crippen LogP contribution >= 0.6 is 11.8 Å². The van der Waals surface area contributed by atoms with Crippen molar-refractivity contribution in [1.29, 1.82) is 0 Å². The van der Waals surface area contributed by atoms with E-state index in [4.69, 9.17) is 0 Å². The van der Waals surface area contributed by atoms with Crippen molar-refractivity contribution < 1.29 is 9.18 Å². The van der Waals surface area contributed by atoms with E-state index in [1.807, 2.05) is 0 Å². The fraction of sp³-hybridized carbons (Fsp3) is 0.222. The van der Waals surface area contributed by atoms with Crippen molar-refractivity contribution in [2.24, 2.45) is 14.1 Å². The maximum absolute atomic E-state index is 13.7. The summed E-state index contributed by atoms with van der Waals surface area (Å²) in [5.74, 6) is -0.957. The Labute approximate surface area is 157 Å². The van der Waals surface area contributed by atoms with E-state index in [0.717, 1.165) is 16.3 Å². The van der Waals surface area contributed by atoms with Crippen LogP contribution in [0.4, 0.5) is 10.1 Å². The van der Waals surface area contributed by atoms with Crippen LogP contribution in [0.25, 0.3) is 11.0 Å². The minimum absolute atomic E-state index is 0.0275. The molecule has 0 saturated carbocycles. The number of nitrogens with one attached hydrogen (secondary N) is 1. The minimum atomic E-state index is -0.523. The van der Waals surface area contributed by atoms with Crippen molar-refractivity contribution in [3.8, 4) is 0 Å². The standard InChI is InChI=1S/C18H17FN4O3S/c1-10-8-20-16-14(17(25)23(3)18(26)22(16)2)15(10)27-9-13(24)21-12-7-5-4-6-11(12)19/h4-8H,9H2,1-3H3,(H,21,24). The molecule has 140 valence electrons. The molecule has 3 aromatic rings. The third-order valence-electron chi connectivity index (χ3n) is 4.09.